The van der Waals surface area contributed by atoms with E-state index < -0.39 is 23.2 Å². The summed E-state index contributed by atoms with van der Waals surface area (Å²) >= 11 is 0. The Bertz CT molecular complexity index is 1160. The average Bonchev–Trinajstić information content (AvgIpc) is 2.83. The van der Waals surface area contributed by atoms with Crippen molar-refractivity contribution in [1.82, 2.24) is 14.9 Å². The minimum atomic E-state index is -1.66. The van der Waals surface area contributed by atoms with E-state index in [4.69, 9.17) is 5.11 Å². The standard InChI is InChI=1S/C19H20N4O5/c1-20-8-10-5-9-6-12-13(7-14(9)23(10)2)21-4-3-11-15(12)22-18(25)17(16(11)24)28-19(26)27/h5-7,20-21H,3-4,8H2,1-2H3,(H,26,27)(H2,22,24,25). The van der Waals surface area contributed by atoms with Gasteiger partial charge in [-0.05, 0) is 31.7 Å². The second-order valence-electron chi connectivity index (χ2n) is 6.71. The Morgan fingerprint density at radius 2 is 2.14 bits per heavy atom. The molecule has 0 saturated carbocycles. The monoisotopic (exact) mass is 384 g/mol. The number of ether oxygens (including phenoxy) is 1. The molecule has 0 radical (unpaired) electrons. The largest absolute Gasteiger partial charge is 0.511 e. The smallest absolute Gasteiger partial charge is 0.504 e. The third-order valence-corrected chi connectivity index (χ3v) is 5.04. The van der Waals surface area contributed by atoms with E-state index in [9.17, 15) is 14.7 Å². The molecule has 0 spiro atoms. The number of aromatic hydroxyl groups is 1. The van der Waals surface area contributed by atoms with Gasteiger partial charge in [0.25, 0.3) is 5.56 Å². The van der Waals surface area contributed by atoms with Crippen molar-refractivity contribution in [3.8, 4) is 22.8 Å². The summed E-state index contributed by atoms with van der Waals surface area (Å²) in [4.78, 5) is 25.9. The van der Waals surface area contributed by atoms with Gasteiger partial charge in [-0.2, -0.15) is 0 Å². The lowest BCUT2D eigenvalue weighted by Crippen LogP contribution is -2.17. The topological polar surface area (TPSA) is 129 Å². The molecule has 3 aromatic rings. The van der Waals surface area contributed by atoms with Crippen molar-refractivity contribution in [3.05, 3.63) is 39.8 Å². The number of benzene rings is 1. The number of hydrogen-bond donors (Lipinski definition) is 5. The van der Waals surface area contributed by atoms with E-state index in [1.54, 1.807) is 0 Å². The van der Waals surface area contributed by atoms with Crippen LogP contribution in [0.2, 0.25) is 0 Å². The summed E-state index contributed by atoms with van der Waals surface area (Å²) < 4.78 is 6.58. The van der Waals surface area contributed by atoms with Crippen LogP contribution in [-0.4, -0.2) is 39.5 Å². The number of fused-ring (bicyclic) bond motifs is 4. The molecule has 0 bridgehead atoms. The minimum absolute atomic E-state index is 0.393. The molecule has 146 valence electrons. The summed E-state index contributed by atoms with van der Waals surface area (Å²) in [5.41, 5.74) is 3.81. The molecule has 28 heavy (non-hydrogen) atoms. The van der Waals surface area contributed by atoms with Crippen molar-refractivity contribution in [3.63, 3.8) is 0 Å². The van der Waals surface area contributed by atoms with Crippen LogP contribution >= 0.6 is 0 Å². The van der Waals surface area contributed by atoms with Gasteiger partial charge in [0.2, 0.25) is 5.75 Å². The maximum Gasteiger partial charge on any atom is 0.511 e. The van der Waals surface area contributed by atoms with Crippen LogP contribution in [0.5, 0.6) is 11.5 Å². The molecule has 0 atom stereocenters. The van der Waals surface area contributed by atoms with Crippen molar-refractivity contribution >= 4 is 22.7 Å². The van der Waals surface area contributed by atoms with Gasteiger partial charge in [-0.15, -0.1) is 0 Å². The zero-order valence-corrected chi connectivity index (χ0v) is 15.4. The van der Waals surface area contributed by atoms with E-state index in [0.717, 1.165) is 27.8 Å². The van der Waals surface area contributed by atoms with E-state index in [1.807, 2.05) is 26.2 Å². The second kappa shape index (κ2) is 6.61. The molecular formula is C19H20N4O5. The number of hydrogen-bond acceptors (Lipinski definition) is 6. The molecule has 0 unspecified atom stereocenters. The zero-order valence-electron chi connectivity index (χ0n) is 15.4. The first-order valence-electron chi connectivity index (χ1n) is 8.80. The number of carboxylic acid groups (broad SMARTS) is 1. The quantitative estimate of drug-likeness (QED) is 0.437. The first kappa shape index (κ1) is 17.9. The zero-order chi connectivity index (χ0) is 20.0. The van der Waals surface area contributed by atoms with Crippen molar-refractivity contribution in [2.75, 3.05) is 18.9 Å². The van der Waals surface area contributed by atoms with Gasteiger partial charge in [-0.25, -0.2) is 4.79 Å². The van der Waals surface area contributed by atoms with Gasteiger partial charge in [0.15, 0.2) is 5.75 Å². The predicted octanol–water partition coefficient (Wildman–Crippen LogP) is 1.98. The van der Waals surface area contributed by atoms with E-state index >= 15 is 0 Å². The molecule has 9 nitrogen and oxygen atoms in total. The highest BCUT2D eigenvalue weighted by molar-refractivity contribution is 5.94. The molecule has 0 aliphatic carbocycles. The number of aryl methyl sites for hydroxylation is 1. The van der Waals surface area contributed by atoms with E-state index in [1.165, 1.54) is 0 Å². The number of pyridine rings is 1. The lowest BCUT2D eigenvalue weighted by atomic mass is 10.0. The highest BCUT2D eigenvalue weighted by Crippen LogP contribution is 2.40. The fourth-order valence-electron chi connectivity index (χ4n) is 3.73. The molecule has 4 rings (SSSR count). The third kappa shape index (κ3) is 2.76. The van der Waals surface area contributed by atoms with Crippen LogP contribution in [0.4, 0.5) is 10.5 Å². The fraction of sp³-hybridized carbons (Fsp3) is 0.263. The number of nitrogens with zero attached hydrogens (tertiary/aromatic N) is 1. The van der Waals surface area contributed by atoms with Crippen LogP contribution in [-0.2, 0) is 20.0 Å². The van der Waals surface area contributed by atoms with Gasteiger partial charge in [0, 0.05) is 48.0 Å². The van der Waals surface area contributed by atoms with Crippen molar-refractivity contribution in [2.24, 2.45) is 7.05 Å². The first-order valence-corrected chi connectivity index (χ1v) is 8.80. The van der Waals surface area contributed by atoms with Gasteiger partial charge >= 0.3 is 6.16 Å². The number of aromatic amines is 1. The summed E-state index contributed by atoms with van der Waals surface area (Å²) in [5, 5.41) is 26.8. The third-order valence-electron chi connectivity index (χ3n) is 5.04. The highest BCUT2D eigenvalue weighted by atomic mass is 16.7. The highest BCUT2D eigenvalue weighted by Gasteiger charge is 2.25. The van der Waals surface area contributed by atoms with Gasteiger partial charge < -0.3 is 35.1 Å². The molecule has 9 heteroatoms. The molecule has 0 amide bonds. The van der Waals surface area contributed by atoms with E-state index in [2.05, 4.69) is 31.0 Å². The fourth-order valence-corrected chi connectivity index (χ4v) is 3.73. The average molecular weight is 384 g/mol. The second-order valence-corrected chi connectivity index (χ2v) is 6.71. The molecule has 0 fully saturated rings. The Hall–Kier alpha value is -3.46. The number of aromatic nitrogens is 2. The Morgan fingerprint density at radius 1 is 1.36 bits per heavy atom. The van der Waals surface area contributed by atoms with Crippen LogP contribution in [0.1, 0.15) is 11.3 Å². The summed E-state index contributed by atoms with van der Waals surface area (Å²) in [5.74, 6) is -1.05. The number of H-pyrrole nitrogens is 1. The first-order chi connectivity index (χ1) is 13.4. The van der Waals surface area contributed by atoms with Crippen LogP contribution in [0.3, 0.4) is 0 Å². The molecular weight excluding hydrogens is 364 g/mol. The lowest BCUT2D eigenvalue weighted by molar-refractivity contribution is 0.142. The number of carbonyl (C=O) groups is 1. The van der Waals surface area contributed by atoms with Gasteiger partial charge in [0.05, 0.1) is 11.2 Å². The summed E-state index contributed by atoms with van der Waals surface area (Å²) in [7, 11) is 3.88. The van der Waals surface area contributed by atoms with Crippen molar-refractivity contribution < 1.29 is 19.7 Å². The molecule has 2 aromatic heterocycles. The predicted molar refractivity (Wildman–Crippen MR) is 104 cm³/mol. The number of nitrogens with one attached hydrogen (secondary N) is 3. The van der Waals surface area contributed by atoms with E-state index in [-0.39, 0.29) is 0 Å². The lowest BCUT2D eigenvalue weighted by Gasteiger charge is -2.13. The Kier molecular flexibility index (Phi) is 4.23. The summed E-state index contributed by atoms with van der Waals surface area (Å²) in [6.45, 7) is 1.22. The molecule has 0 saturated heterocycles. The van der Waals surface area contributed by atoms with E-state index in [0.29, 0.717) is 30.8 Å². The number of rotatable bonds is 3. The van der Waals surface area contributed by atoms with Crippen molar-refractivity contribution in [2.45, 2.75) is 13.0 Å². The SMILES string of the molecule is CNCc1cc2cc3c(cc2n1C)NCCc1c-3[nH]c(=O)c(OC(=O)O)c1O. The molecule has 1 aromatic carbocycles. The Labute approximate surface area is 159 Å². The summed E-state index contributed by atoms with van der Waals surface area (Å²) in [6, 6.07) is 6.03. The van der Waals surface area contributed by atoms with Crippen LogP contribution < -0.4 is 20.9 Å². The molecule has 1 aliphatic rings. The van der Waals surface area contributed by atoms with Crippen LogP contribution in [0, 0.1) is 0 Å². The van der Waals surface area contributed by atoms with Crippen molar-refractivity contribution in [1.29, 1.82) is 0 Å². The van der Waals surface area contributed by atoms with Crippen LogP contribution in [0.15, 0.2) is 23.0 Å². The maximum absolute atomic E-state index is 12.3. The maximum atomic E-state index is 12.3. The van der Waals surface area contributed by atoms with Crippen LogP contribution in [0.25, 0.3) is 22.2 Å². The van der Waals surface area contributed by atoms with Gasteiger partial charge in [-0.1, -0.05) is 0 Å². The van der Waals surface area contributed by atoms with Gasteiger partial charge in [-0.3, -0.25) is 4.79 Å². The Balaban J connectivity index is 1.95. The normalized spacial score (nSPS) is 12.8. The molecule has 5 N–H and O–H groups in total. The molecule has 3 heterocycles. The van der Waals surface area contributed by atoms with Gasteiger partial charge in [0.1, 0.15) is 0 Å². The number of anilines is 1. The Morgan fingerprint density at radius 3 is 2.86 bits per heavy atom. The minimum Gasteiger partial charge on any atom is -0.504 e. The molecule has 1 aliphatic heterocycles. The summed E-state index contributed by atoms with van der Waals surface area (Å²) in [6.07, 6.45) is -1.26.